The Morgan fingerprint density at radius 2 is 1.41 bits per heavy atom. The summed E-state index contributed by atoms with van der Waals surface area (Å²) in [6.45, 7) is 2.61. The average Bonchev–Trinajstić information content (AvgIpc) is 2.56. The molecule has 0 saturated carbocycles. The summed E-state index contributed by atoms with van der Waals surface area (Å²) in [4.78, 5) is 13.6. The van der Waals surface area contributed by atoms with Gasteiger partial charge in [-0.05, 0) is 24.1 Å². The number of carbonyl (C=O) groups excluding carboxylic acids is 1. The van der Waals surface area contributed by atoms with Crippen LogP contribution in [0.2, 0.25) is 0 Å². The van der Waals surface area contributed by atoms with Crippen molar-refractivity contribution in [1.82, 2.24) is 10.3 Å². The molecule has 116 valence electrons. The molecule has 0 aliphatic rings. The molecule has 0 aliphatic heterocycles. The van der Waals surface area contributed by atoms with Crippen LogP contribution < -0.4 is 11.3 Å². The molecule has 22 heavy (non-hydrogen) atoms. The second-order valence-corrected chi connectivity index (χ2v) is 5.35. The van der Waals surface area contributed by atoms with E-state index in [2.05, 4.69) is 58.9 Å². The van der Waals surface area contributed by atoms with Crippen LogP contribution in [0.4, 0.5) is 0 Å². The van der Waals surface area contributed by atoms with Crippen LogP contribution in [0.5, 0.6) is 0 Å². The fraction of sp³-hybridized carbons (Fsp3) is 0.278. The molecule has 0 saturated heterocycles. The van der Waals surface area contributed by atoms with Gasteiger partial charge in [-0.2, -0.15) is 0 Å². The summed E-state index contributed by atoms with van der Waals surface area (Å²) in [5.74, 6) is 5.01. The summed E-state index contributed by atoms with van der Waals surface area (Å²) in [6.07, 6.45) is 1.25. The minimum absolute atomic E-state index is 0.112. The Bertz CT molecular complexity index is 516. The third-order valence-corrected chi connectivity index (χ3v) is 3.54. The molecular weight excluding hydrogens is 274 g/mol. The Labute approximate surface area is 131 Å². The molecule has 2 rings (SSSR count). The van der Waals surface area contributed by atoms with Gasteiger partial charge in [-0.3, -0.25) is 15.1 Å². The lowest BCUT2D eigenvalue weighted by Gasteiger charge is -2.22. The Hall–Kier alpha value is -2.17. The lowest BCUT2D eigenvalue weighted by atomic mass is 10.1. The highest BCUT2D eigenvalue weighted by Gasteiger charge is 2.08. The minimum Gasteiger partial charge on any atom is -0.295 e. The Balaban J connectivity index is 1.95. The van der Waals surface area contributed by atoms with Gasteiger partial charge in [0.25, 0.3) is 0 Å². The molecule has 0 heterocycles. The molecule has 0 unspecified atom stereocenters. The van der Waals surface area contributed by atoms with E-state index in [4.69, 9.17) is 5.84 Å². The molecule has 0 atom stereocenters. The second kappa shape index (κ2) is 8.97. The Morgan fingerprint density at radius 3 is 1.86 bits per heavy atom. The van der Waals surface area contributed by atoms with Crippen LogP contribution in [0.3, 0.4) is 0 Å². The minimum atomic E-state index is -0.112. The van der Waals surface area contributed by atoms with E-state index in [1.54, 1.807) is 0 Å². The fourth-order valence-corrected chi connectivity index (χ4v) is 2.43. The predicted molar refractivity (Wildman–Crippen MR) is 88.6 cm³/mol. The highest BCUT2D eigenvalue weighted by molar-refractivity contribution is 5.75. The van der Waals surface area contributed by atoms with Crippen LogP contribution >= 0.6 is 0 Å². The van der Waals surface area contributed by atoms with Gasteiger partial charge in [0.1, 0.15) is 0 Å². The van der Waals surface area contributed by atoms with Crippen molar-refractivity contribution in [3.63, 3.8) is 0 Å². The van der Waals surface area contributed by atoms with E-state index < -0.39 is 0 Å². The van der Waals surface area contributed by atoms with Gasteiger partial charge in [0.05, 0.1) is 0 Å². The molecule has 2 aromatic rings. The molecule has 0 radical (unpaired) electrons. The van der Waals surface area contributed by atoms with Crippen molar-refractivity contribution < 1.29 is 4.79 Å². The van der Waals surface area contributed by atoms with E-state index in [1.807, 2.05) is 12.1 Å². The van der Waals surface area contributed by atoms with Crippen molar-refractivity contribution in [2.24, 2.45) is 5.84 Å². The first-order chi connectivity index (χ1) is 10.8. The molecule has 0 aromatic heterocycles. The summed E-state index contributed by atoms with van der Waals surface area (Å²) in [7, 11) is 0. The second-order valence-electron chi connectivity index (χ2n) is 5.35. The number of hydrazine groups is 1. The normalized spacial score (nSPS) is 10.6. The predicted octanol–water partition coefficient (Wildman–Crippen LogP) is 2.46. The maximum absolute atomic E-state index is 11.3. The van der Waals surface area contributed by atoms with Gasteiger partial charge in [-0.25, -0.2) is 5.84 Å². The van der Waals surface area contributed by atoms with Crippen LogP contribution in [0.1, 0.15) is 24.0 Å². The Morgan fingerprint density at radius 1 is 0.909 bits per heavy atom. The molecule has 0 spiro atoms. The summed E-state index contributed by atoms with van der Waals surface area (Å²) >= 11 is 0. The molecular formula is C18H23N3O. The molecule has 3 N–H and O–H groups in total. The molecule has 0 aliphatic carbocycles. The number of hydrogen-bond acceptors (Lipinski definition) is 3. The van der Waals surface area contributed by atoms with Crippen molar-refractivity contribution in [3.8, 4) is 0 Å². The Kier molecular flexibility index (Phi) is 6.61. The largest absolute Gasteiger partial charge is 0.295 e. The van der Waals surface area contributed by atoms with Gasteiger partial charge in [-0.1, -0.05) is 60.7 Å². The van der Waals surface area contributed by atoms with Gasteiger partial charge in [0, 0.05) is 19.5 Å². The third kappa shape index (κ3) is 5.68. The first kappa shape index (κ1) is 16.2. The first-order valence-electron chi connectivity index (χ1n) is 7.57. The van der Waals surface area contributed by atoms with Crippen molar-refractivity contribution in [2.45, 2.75) is 25.9 Å². The topological polar surface area (TPSA) is 58.4 Å². The zero-order valence-electron chi connectivity index (χ0n) is 12.7. The highest BCUT2D eigenvalue weighted by atomic mass is 16.2. The number of nitrogens with two attached hydrogens (primary N) is 1. The van der Waals surface area contributed by atoms with Crippen LogP contribution in [0.15, 0.2) is 60.7 Å². The molecule has 4 nitrogen and oxygen atoms in total. The van der Waals surface area contributed by atoms with Crippen molar-refractivity contribution in [1.29, 1.82) is 0 Å². The first-order valence-corrected chi connectivity index (χ1v) is 7.57. The average molecular weight is 297 g/mol. The lowest BCUT2D eigenvalue weighted by molar-refractivity contribution is -0.121. The summed E-state index contributed by atoms with van der Waals surface area (Å²) in [5.41, 5.74) is 4.74. The van der Waals surface area contributed by atoms with Crippen molar-refractivity contribution >= 4 is 5.91 Å². The van der Waals surface area contributed by atoms with Gasteiger partial charge < -0.3 is 0 Å². The number of benzene rings is 2. The number of carbonyl (C=O) groups is 1. The van der Waals surface area contributed by atoms with Gasteiger partial charge in [0.2, 0.25) is 5.91 Å². The smallest absolute Gasteiger partial charge is 0.233 e. The van der Waals surface area contributed by atoms with E-state index in [0.717, 1.165) is 26.1 Å². The maximum atomic E-state index is 11.3. The van der Waals surface area contributed by atoms with Crippen LogP contribution in [0, 0.1) is 0 Å². The number of hydrogen-bond donors (Lipinski definition) is 2. The third-order valence-electron chi connectivity index (χ3n) is 3.54. The highest BCUT2D eigenvalue weighted by Crippen LogP contribution is 2.11. The number of rotatable bonds is 8. The van der Waals surface area contributed by atoms with E-state index in [9.17, 15) is 4.79 Å². The summed E-state index contributed by atoms with van der Waals surface area (Å²) in [6, 6.07) is 20.8. The van der Waals surface area contributed by atoms with E-state index in [1.165, 1.54) is 11.1 Å². The monoisotopic (exact) mass is 297 g/mol. The number of nitrogens with one attached hydrogen (secondary N) is 1. The van der Waals surface area contributed by atoms with E-state index in [-0.39, 0.29) is 5.91 Å². The van der Waals surface area contributed by atoms with Crippen LogP contribution in [0.25, 0.3) is 0 Å². The van der Waals surface area contributed by atoms with Gasteiger partial charge in [-0.15, -0.1) is 0 Å². The number of amides is 1. The lowest BCUT2D eigenvalue weighted by Crippen LogP contribution is -2.31. The number of nitrogens with zero attached hydrogens (tertiary/aromatic N) is 1. The van der Waals surface area contributed by atoms with E-state index >= 15 is 0 Å². The van der Waals surface area contributed by atoms with Crippen molar-refractivity contribution in [3.05, 3.63) is 71.8 Å². The summed E-state index contributed by atoms with van der Waals surface area (Å²) < 4.78 is 0. The quantitative estimate of drug-likeness (QED) is 0.447. The molecule has 4 heteroatoms. The maximum Gasteiger partial charge on any atom is 0.233 e. The molecule has 0 fully saturated rings. The van der Waals surface area contributed by atoms with Gasteiger partial charge >= 0.3 is 0 Å². The zero-order chi connectivity index (χ0) is 15.6. The molecule has 1 amide bonds. The molecule has 0 bridgehead atoms. The fourth-order valence-electron chi connectivity index (χ4n) is 2.43. The van der Waals surface area contributed by atoms with Crippen LogP contribution in [-0.2, 0) is 17.9 Å². The summed E-state index contributed by atoms with van der Waals surface area (Å²) in [5, 5.41) is 0. The SMILES string of the molecule is NNC(=O)CCCN(Cc1ccccc1)Cc1ccccc1. The standard InChI is InChI=1S/C18H23N3O/c19-20-18(22)12-7-13-21(14-16-8-3-1-4-9-16)15-17-10-5-2-6-11-17/h1-6,8-11H,7,12-15,19H2,(H,20,22). The van der Waals surface area contributed by atoms with E-state index in [0.29, 0.717) is 6.42 Å². The van der Waals surface area contributed by atoms with Crippen molar-refractivity contribution in [2.75, 3.05) is 6.54 Å². The van der Waals surface area contributed by atoms with Gasteiger partial charge in [0.15, 0.2) is 0 Å². The van der Waals surface area contributed by atoms with Crippen LogP contribution in [-0.4, -0.2) is 17.4 Å². The molecule has 2 aromatic carbocycles. The zero-order valence-corrected chi connectivity index (χ0v) is 12.7.